The van der Waals surface area contributed by atoms with Gasteiger partial charge in [-0.05, 0) is 31.9 Å². The van der Waals surface area contributed by atoms with Crippen LogP contribution in [0.2, 0.25) is 0 Å². The molecular weight excluding hydrogens is 338 g/mol. The van der Waals surface area contributed by atoms with Crippen molar-refractivity contribution in [2.75, 3.05) is 25.1 Å². The predicted molar refractivity (Wildman–Crippen MR) is 97.3 cm³/mol. The Kier molecular flexibility index (Phi) is 6.94. The third-order valence-electron chi connectivity index (χ3n) is 4.53. The summed E-state index contributed by atoms with van der Waals surface area (Å²) < 4.78 is 4.56. The van der Waals surface area contributed by atoms with Gasteiger partial charge in [-0.2, -0.15) is 0 Å². The van der Waals surface area contributed by atoms with E-state index in [1.165, 1.54) is 26.5 Å². The van der Waals surface area contributed by atoms with Gasteiger partial charge < -0.3 is 15.0 Å². The van der Waals surface area contributed by atoms with Crippen molar-refractivity contribution < 1.29 is 19.2 Å². The molecule has 0 unspecified atom stereocenters. The van der Waals surface area contributed by atoms with Crippen LogP contribution in [0.5, 0.6) is 0 Å². The number of rotatable bonds is 5. The fraction of sp³-hybridized carbons (Fsp3) is 0.556. The van der Waals surface area contributed by atoms with Crippen molar-refractivity contribution in [2.45, 2.75) is 45.1 Å². The van der Waals surface area contributed by atoms with Crippen molar-refractivity contribution in [3.8, 4) is 0 Å². The van der Waals surface area contributed by atoms with Gasteiger partial charge in [0.15, 0.2) is 0 Å². The highest BCUT2D eigenvalue weighted by atomic mass is 16.6. The molecule has 0 saturated carbocycles. The van der Waals surface area contributed by atoms with E-state index in [9.17, 15) is 19.7 Å². The fourth-order valence-electron chi connectivity index (χ4n) is 3.08. The van der Waals surface area contributed by atoms with E-state index in [0.29, 0.717) is 5.69 Å². The lowest BCUT2D eigenvalue weighted by molar-refractivity contribution is -0.384. The minimum atomic E-state index is -0.833. The van der Waals surface area contributed by atoms with Gasteiger partial charge in [0.25, 0.3) is 11.6 Å². The van der Waals surface area contributed by atoms with Gasteiger partial charge in [-0.25, -0.2) is 4.79 Å². The Labute approximate surface area is 152 Å². The van der Waals surface area contributed by atoms with Crippen LogP contribution in [-0.4, -0.2) is 43.0 Å². The molecule has 142 valence electrons. The van der Waals surface area contributed by atoms with Crippen LogP contribution in [0.1, 0.15) is 49.4 Å². The molecule has 1 amide bonds. The third-order valence-corrected chi connectivity index (χ3v) is 4.53. The molecule has 1 fully saturated rings. The van der Waals surface area contributed by atoms with Crippen molar-refractivity contribution in [3.05, 3.63) is 33.9 Å². The second-order valence-corrected chi connectivity index (χ2v) is 6.43. The number of ether oxygens (including phenoxy) is 1. The number of esters is 1. The van der Waals surface area contributed by atoms with Crippen LogP contribution in [0, 0.1) is 10.1 Å². The smallest absolute Gasteiger partial charge is 0.328 e. The second-order valence-electron chi connectivity index (χ2n) is 6.43. The van der Waals surface area contributed by atoms with Gasteiger partial charge in [-0.1, -0.05) is 19.3 Å². The third kappa shape index (κ3) is 4.93. The van der Waals surface area contributed by atoms with E-state index in [4.69, 9.17) is 0 Å². The highest BCUT2D eigenvalue weighted by molar-refractivity contribution is 5.98. The number of nitrogens with zero attached hydrogens (tertiary/aromatic N) is 2. The number of anilines is 1. The van der Waals surface area contributed by atoms with Gasteiger partial charge in [0, 0.05) is 24.7 Å². The maximum atomic E-state index is 12.3. The highest BCUT2D eigenvalue weighted by Gasteiger charge is 2.24. The van der Waals surface area contributed by atoms with Crippen LogP contribution in [0.15, 0.2) is 18.2 Å². The molecule has 1 aromatic rings. The number of amides is 1. The first-order valence-corrected chi connectivity index (χ1v) is 8.86. The van der Waals surface area contributed by atoms with Crippen LogP contribution in [-0.2, 0) is 9.53 Å². The van der Waals surface area contributed by atoms with Gasteiger partial charge in [-0.3, -0.25) is 14.9 Å². The van der Waals surface area contributed by atoms with Crippen LogP contribution in [0.4, 0.5) is 11.4 Å². The number of benzene rings is 1. The van der Waals surface area contributed by atoms with E-state index in [2.05, 4.69) is 10.1 Å². The molecule has 26 heavy (non-hydrogen) atoms. The lowest BCUT2D eigenvalue weighted by Crippen LogP contribution is -2.39. The summed E-state index contributed by atoms with van der Waals surface area (Å²) >= 11 is 0. The lowest BCUT2D eigenvalue weighted by atomic mass is 10.1. The number of carbonyl (C=O) groups excluding carboxylic acids is 2. The predicted octanol–water partition coefficient (Wildman–Crippen LogP) is 2.66. The van der Waals surface area contributed by atoms with E-state index >= 15 is 0 Å². The largest absolute Gasteiger partial charge is 0.467 e. The maximum absolute atomic E-state index is 12.3. The molecule has 1 N–H and O–H groups in total. The van der Waals surface area contributed by atoms with E-state index < -0.39 is 22.8 Å². The summed E-state index contributed by atoms with van der Waals surface area (Å²) in [5, 5.41) is 14.0. The Hall–Kier alpha value is -2.64. The summed E-state index contributed by atoms with van der Waals surface area (Å²) in [5.74, 6) is -1.13. The molecule has 1 aliphatic rings. The summed E-state index contributed by atoms with van der Waals surface area (Å²) in [6.07, 6.45) is 5.44. The first kappa shape index (κ1) is 19.7. The molecule has 1 saturated heterocycles. The van der Waals surface area contributed by atoms with E-state index in [-0.39, 0.29) is 11.3 Å². The van der Waals surface area contributed by atoms with Crippen LogP contribution in [0.25, 0.3) is 0 Å². The maximum Gasteiger partial charge on any atom is 0.328 e. The monoisotopic (exact) mass is 363 g/mol. The molecule has 8 heteroatoms. The summed E-state index contributed by atoms with van der Waals surface area (Å²) in [7, 11) is 1.23. The molecule has 1 atom stereocenters. The Bertz CT molecular complexity index is 669. The number of nitrogens with one attached hydrogen (secondary N) is 1. The van der Waals surface area contributed by atoms with Crippen molar-refractivity contribution >= 4 is 23.3 Å². The quantitative estimate of drug-likeness (QED) is 0.490. The van der Waals surface area contributed by atoms with Crippen molar-refractivity contribution in [1.29, 1.82) is 0 Å². The Morgan fingerprint density at radius 3 is 2.38 bits per heavy atom. The molecule has 0 aliphatic carbocycles. The number of carbonyl (C=O) groups is 2. The standard InChI is InChI=1S/C18H25N3O5/c1-13(18(23)26-2)19-17(22)14-8-9-15(16(12-14)21(24)25)20-10-6-4-3-5-7-11-20/h8-9,12-13H,3-7,10-11H2,1-2H3,(H,19,22)/t13-/m1/s1. The number of hydrogen-bond acceptors (Lipinski definition) is 6. The number of nitro benzene ring substituents is 1. The number of methoxy groups -OCH3 is 1. The van der Waals surface area contributed by atoms with Crippen LogP contribution in [0.3, 0.4) is 0 Å². The summed E-state index contributed by atoms with van der Waals surface area (Å²) in [4.78, 5) is 36.8. The van der Waals surface area contributed by atoms with Gasteiger partial charge in [0.2, 0.25) is 0 Å². The summed E-state index contributed by atoms with van der Waals surface area (Å²) in [6.45, 7) is 3.03. The van der Waals surface area contributed by atoms with Crippen LogP contribution < -0.4 is 10.2 Å². The Morgan fingerprint density at radius 2 is 1.81 bits per heavy atom. The zero-order valence-corrected chi connectivity index (χ0v) is 15.2. The average Bonchev–Trinajstić information content (AvgIpc) is 2.60. The molecule has 2 rings (SSSR count). The average molecular weight is 363 g/mol. The molecule has 0 bridgehead atoms. The van der Waals surface area contributed by atoms with Gasteiger partial charge in [-0.15, -0.1) is 0 Å². The Morgan fingerprint density at radius 1 is 1.19 bits per heavy atom. The molecular formula is C18H25N3O5. The van der Waals surface area contributed by atoms with Gasteiger partial charge in [0.1, 0.15) is 11.7 Å². The minimum absolute atomic E-state index is 0.0936. The second kappa shape index (κ2) is 9.17. The Balaban J connectivity index is 2.23. The molecule has 1 aromatic carbocycles. The van der Waals surface area contributed by atoms with Crippen LogP contribution >= 0.6 is 0 Å². The topological polar surface area (TPSA) is 102 Å². The lowest BCUT2D eigenvalue weighted by Gasteiger charge is -2.26. The molecule has 0 aromatic heterocycles. The van der Waals surface area contributed by atoms with E-state index in [1.54, 1.807) is 12.1 Å². The van der Waals surface area contributed by atoms with Gasteiger partial charge in [0.05, 0.1) is 12.0 Å². The molecule has 1 heterocycles. The molecule has 0 radical (unpaired) electrons. The number of hydrogen-bond donors (Lipinski definition) is 1. The SMILES string of the molecule is COC(=O)[C@@H](C)NC(=O)c1ccc(N2CCCCCCC2)c([N+](=O)[O-])c1. The van der Waals surface area contributed by atoms with Crippen molar-refractivity contribution in [1.82, 2.24) is 5.32 Å². The first-order chi connectivity index (χ1) is 12.4. The van der Waals surface area contributed by atoms with Gasteiger partial charge >= 0.3 is 5.97 Å². The van der Waals surface area contributed by atoms with E-state index in [1.807, 2.05) is 4.90 Å². The zero-order chi connectivity index (χ0) is 19.1. The fourth-order valence-corrected chi connectivity index (χ4v) is 3.08. The highest BCUT2D eigenvalue weighted by Crippen LogP contribution is 2.31. The number of nitro groups is 1. The normalized spacial score (nSPS) is 16.2. The molecule has 1 aliphatic heterocycles. The van der Waals surface area contributed by atoms with Crippen molar-refractivity contribution in [3.63, 3.8) is 0 Å². The first-order valence-electron chi connectivity index (χ1n) is 8.86. The summed E-state index contributed by atoms with van der Waals surface area (Å²) in [6, 6.07) is 3.62. The zero-order valence-electron chi connectivity index (χ0n) is 15.2. The summed E-state index contributed by atoms with van der Waals surface area (Å²) in [5.41, 5.74) is 0.585. The molecule has 8 nitrogen and oxygen atoms in total. The minimum Gasteiger partial charge on any atom is -0.467 e. The van der Waals surface area contributed by atoms with Crippen molar-refractivity contribution in [2.24, 2.45) is 0 Å². The molecule has 0 spiro atoms. The van der Waals surface area contributed by atoms with E-state index in [0.717, 1.165) is 38.8 Å².